The highest BCUT2D eigenvalue weighted by molar-refractivity contribution is 5.30. The summed E-state index contributed by atoms with van der Waals surface area (Å²) in [6.45, 7) is 3.87. The zero-order chi connectivity index (χ0) is 13.7. The maximum absolute atomic E-state index is 13.4. The van der Waals surface area contributed by atoms with Gasteiger partial charge in [-0.1, -0.05) is 13.0 Å². The molecule has 1 aromatic heterocycles. The first-order chi connectivity index (χ1) is 9.20. The molecule has 0 aliphatic heterocycles. The molecule has 0 radical (unpaired) electrons. The van der Waals surface area contributed by atoms with Gasteiger partial charge in [0.1, 0.15) is 11.6 Å². The molecule has 102 valence electrons. The van der Waals surface area contributed by atoms with E-state index in [0.29, 0.717) is 6.42 Å². The van der Waals surface area contributed by atoms with Crippen molar-refractivity contribution in [2.24, 2.45) is 7.05 Å². The smallest absolute Gasteiger partial charge is 0.123 e. The van der Waals surface area contributed by atoms with Gasteiger partial charge in [0.2, 0.25) is 0 Å². The van der Waals surface area contributed by atoms with Gasteiger partial charge < -0.3 is 9.88 Å². The van der Waals surface area contributed by atoms with Crippen molar-refractivity contribution in [3.8, 4) is 0 Å². The average Bonchev–Trinajstić information content (AvgIpc) is 2.78. The van der Waals surface area contributed by atoms with Crippen LogP contribution < -0.4 is 5.32 Å². The van der Waals surface area contributed by atoms with Crippen LogP contribution in [0, 0.1) is 5.82 Å². The molecule has 2 rings (SSSR count). The van der Waals surface area contributed by atoms with Gasteiger partial charge in [-0.3, -0.25) is 0 Å². The number of hydrogen-bond donors (Lipinski definition) is 1. The minimum absolute atomic E-state index is 0.191. The lowest BCUT2D eigenvalue weighted by molar-refractivity contribution is 0.620. The van der Waals surface area contributed by atoms with Crippen molar-refractivity contribution in [2.45, 2.75) is 26.3 Å². The van der Waals surface area contributed by atoms with Crippen LogP contribution in [-0.4, -0.2) is 16.1 Å². The third-order valence-corrected chi connectivity index (χ3v) is 3.18. The maximum Gasteiger partial charge on any atom is 0.123 e. The first kappa shape index (κ1) is 13.7. The molecular formula is C15H20FN3. The summed E-state index contributed by atoms with van der Waals surface area (Å²) in [5.41, 5.74) is 2.13. The highest BCUT2D eigenvalue weighted by atomic mass is 19.1. The molecule has 2 aromatic rings. The van der Waals surface area contributed by atoms with Gasteiger partial charge in [-0.2, -0.15) is 0 Å². The van der Waals surface area contributed by atoms with Crippen LogP contribution in [-0.2, 0) is 20.0 Å². The second kappa shape index (κ2) is 6.48. The van der Waals surface area contributed by atoms with E-state index in [9.17, 15) is 4.39 Å². The molecule has 4 heteroatoms. The predicted molar refractivity (Wildman–Crippen MR) is 74.4 cm³/mol. The first-order valence-corrected chi connectivity index (χ1v) is 6.65. The molecule has 0 saturated carbocycles. The van der Waals surface area contributed by atoms with E-state index in [1.165, 1.54) is 6.07 Å². The molecule has 1 N–H and O–H groups in total. The lowest BCUT2D eigenvalue weighted by Crippen LogP contribution is -2.15. The average molecular weight is 261 g/mol. The van der Waals surface area contributed by atoms with Crippen molar-refractivity contribution in [1.29, 1.82) is 0 Å². The van der Waals surface area contributed by atoms with Crippen LogP contribution in [0.3, 0.4) is 0 Å². The Morgan fingerprint density at radius 1 is 1.32 bits per heavy atom. The van der Waals surface area contributed by atoms with E-state index in [0.717, 1.165) is 36.5 Å². The molecule has 1 heterocycles. The van der Waals surface area contributed by atoms with E-state index in [4.69, 9.17) is 0 Å². The van der Waals surface area contributed by atoms with Crippen molar-refractivity contribution in [3.63, 3.8) is 0 Å². The van der Waals surface area contributed by atoms with Gasteiger partial charge in [0, 0.05) is 32.4 Å². The zero-order valence-electron chi connectivity index (χ0n) is 11.5. The van der Waals surface area contributed by atoms with E-state index in [1.54, 1.807) is 12.3 Å². The van der Waals surface area contributed by atoms with Crippen LogP contribution in [0.4, 0.5) is 4.39 Å². The van der Waals surface area contributed by atoms with E-state index >= 15 is 0 Å². The molecule has 0 aliphatic carbocycles. The van der Waals surface area contributed by atoms with Gasteiger partial charge in [0.05, 0.1) is 0 Å². The number of nitrogens with zero attached hydrogens (tertiary/aromatic N) is 2. The molecule has 0 spiro atoms. The topological polar surface area (TPSA) is 29.9 Å². The van der Waals surface area contributed by atoms with E-state index in [1.807, 2.05) is 23.9 Å². The number of imidazole rings is 1. The summed E-state index contributed by atoms with van der Waals surface area (Å²) in [5.74, 6) is 0.755. The lowest BCUT2D eigenvalue weighted by Gasteiger charge is -2.11. The van der Waals surface area contributed by atoms with E-state index < -0.39 is 0 Å². The summed E-state index contributed by atoms with van der Waals surface area (Å²) in [6.07, 6.45) is 5.42. The van der Waals surface area contributed by atoms with Crippen molar-refractivity contribution >= 4 is 0 Å². The van der Waals surface area contributed by atoms with Crippen LogP contribution in [0.1, 0.15) is 30.3 Å². The second-order valence-electron chi connectivity index (χ2n) is 4.72. The largest absolute Gasteiger partial charge is 0.338 e. The van der Waals surface area contributed by atoms with Gasteiger partial charge in [0.25, 0.3) is 0 Å². The summed E-state index contributed by atoms with van der Waals surface area (Å²) in [4.78, 5) is 4.30. The first-order valence-electron chi connectivity index (χ1n) is 6.65. The lowest BCUT2D eigenvalue weighted by atomic mass is 10.0. The van der Waals surface area contributed by atoms with Crippen molar-refractivity contribution < 1.29 is 4.39 Å². The molecule has 0 amide bonds. The number of aromatic nitrogens is 2. The van der Waals surface area contributed by atoms with Crippen LogP contribution in [0.25, 0.3) is 0 Å². The fourth-order valence-electron chi connectivity index (χ4n) is 2.07. The third-order valence-electron chi connectivity index (χ3n) is 3.18. The highest BCUT2D eigenvalue weighted by Crippen LogP contribution is 2.15. The summed E-state index contributed by atoms with van der Waals surface area (Å²) in [6, 6.07) is 4.98. The minimum Gasteiger partial charge on any atom is -0.338 e. The van der Waals surface area contributed by atoms with Crippen LogP contribution in [0.15, 0.2) is 30.6 Å². The molecular weight excluding hydrogens is 241 g/mol. The number of benzene rings is 1. The Labute approximate surface area is 113 Å². The summed E-state index contributed by atoms with van der Waals surface area (Å²) >= 11 is 0. The van der Waals surface area contributed by atoms with Crippen molar-refractivity contribution in [3.05, 3.63) is 53.4 Å². The third kappa shape index (κ3) is 3.64. The molecule has 19 heavy (non-hydrogen) atoms. The number of rotatable bonds is 6. The highest BCUT2D eigenvalue weighted by Gasteiger charge is 2.08. The standard InChI is InChI=1S/C15H20FN3/c1-3-6-17-11-12-4-5-14(16)9-13(12)10-15-18-7-8-19(15)2/h4-5,7-9,17H,3,6,10-11H2,1-2H3. The van der Waals surface area contributed by atoms with Crippen molar-refractivity contribution in [2.75, 3.05) is 6.54 Å². The van der Waals surface area contributed by atoms with Gasteiger partial charge in [-0.25, -0.2) is 9.37 Å². The number of aryl methyl sites for hydroxylation is 1. The van der Waals surface area contributed by atoms with Crippen molar-refractivity contribution in [1.82, 2.24) is 14.9 Å². The molecule has 0 bridgehead atoms. The predicted octanol–water partition coefficient (Wildman–Crippen LogP) is 2.65. The Morgan fingerprint density at radius 3 is 2.84 bits per heavy atom. The Hall–Kier alpha value is -1.68. The number of hydrogen-bond acceptors (Lipinski definition) is 2. The molecule has 0 unspecified atom stereocenters. The van der Waals surface area contributed by atoms with Gasteiger partial charge in [-0.15, -0.1) is 0 Å². The van der Waals surface area contributed by atoms with Gasteiger partial charge >= 0.3 is 0 Å². The molecule has 0 aliphatic rings. The fourth-order valence-corrected chi connectivity index (χ4v) is 2.07. The van der Waals surface area contributed by atoms with Crippen LogP contribution >= 0.6 is 0 Å². The van der Waals surface area contributed by atoms with Crippen LogP contribution in [0.5, 0.6) is 0 Å². The maximum atomic E-state index is 13.4. The normalized spacial score (nSPS) is 10.9. The zero-order valence-corrected chi connectivity index (χ0v) is 11.5. The Balaban J connectivity index is 2.17. The fraction of sp³-hybridized carbons (Fsp3) is 0.400. The Kier molecular flexibility index (Phi) is 4.68. The molecule has 1 aromatic carbocycles. The van der Waals surface area contributed by atoms with Gasteiger partial charge in [0.15, 0.2) is 0 Å². The van der Waals surface area contributed by atoms with Gasteiger partial charge in [-0.05, 0) is 36.2 Å². The summed E-state index contributed by atoms with van der Waals surface area (Å²) in [7, 11) is 1.95. The van der Waals surface area contributed by atoms with Crippen LogP contribution in [0.2, 0.25) is 0 Å². The molecule has 3 nitrogen and oxygen atoms in total. The SMILES string of the molecule is CCCNCc1ccc(F)cc1Cc1nccn1C. The monoisotopic (exact) mass is 261 g/mol. The van der Waals surface area contributed by atoms with E-state index in [2.05, 4.69) is 17.2 Å². The minimum atomic E-state index is -0.191. The molecule has 0 fully saturated rings. The van der Waals surface area contributed by atoms with E-state index in [-0.39, 0.29) is 5.82 Å². The molecule has 0 atom stereocenters. The second-order valence-corrected chi connectivity index (χ2v) is 4.72. The Morgan fingerprint density at radius 2 is 2.16 bits per heavy atom. The number of nitrogens with one attached hydrogen (secondary N) is 1. The summed E-state index contributed by atoms with van der Waals surface area (Å²) < 4.78 is 15.4. The molecule has 0 saturated heterocycles. The number of halogens is 1. The Bertz CT molecular complexity index is 534. The quantitative estimate of drug-likeness (QED) is 0.810. The summed E-state index contributed by atoms with van der Waals surface area (Å²) in [5, 5.41) is 3.36.